The van der Waals surface area contributed by atoms with Crippen LogP contribution < -0.4 is 9.80 Å². The molecule has 5 rings (SSSR count). The van der Waals surface area contributed by atoms with Crippen molar-refractivity contribution in [2.24, 2.45) is 0 Å². The maximum atomic E-state index is 9.91. The van der Waals surface area contributed by atoms with Crippen molar-refractivity contribution in [2.75, 3.05) is 63.0 Å². The molecular weight excluding hydrogens is 446 g/mol. The SMILES string of the molecule is COC1=C(CO)CC(C)(c2ccc3c(N4CCOC[C@@H]4C)nc(N4CCOC[C@@H]4C)nc3n2)C=C1. The number of fused-ring (bicyclic) bond motifs is 1. The molecule has 1 aliphatic carbocycles. The van der Waals surface area contributed by atoms with Crippen molar-refractivity contribution in [1.82, 2.24) is 15.0 Å². The van der Waals surface area contributed by atoms with Crippen LogP contribution in [0.2, 0.25) is 0 Å². The lowest BCUT2D eigenvalue weighted by Crippen LogP contribution is -2.46. The second kappa shape index (κ2) is 9.72. The van der Waals surface area contributed by atoms with Crippen molar-refractivity contribution in [3.63, 3.8) is 0 Å². The number of methoxy groups -OCH3 is 1. The molecule has 1 N–H and O–H groups in total. The van der Waals surface area contributed by atoms with E-state index in [1.807, 2.05) is 6.08 Å². The van der Waals surface area contributed by atoms with Crippen LogP contribution in [0.25, 0.3) is 11.0 Å². The van der Waals surface area contributed by atoms with E-state index in [9.17, 15) is 5.11 Å². The highest BCUT2D eigenvalue weighted by molar-refractivity contribution is 5.88. The molecule has 9 nitrogen and oxygen atoms in total. The number of aliphatic hydroxyl groups is 1. The summed E-state index contributed by atoms with van der Waals surface area (Å²) >= 11 is 0. The zero-order valence-corrected chi connectivity index (χ0v) is 21.0. The van der Waals surface area contributed by atoms with Crippen LogP contribution in [0.4, 0.5) is 11.8 Å². The predicted molar refractivity (Wildman–Crippen MR) is 135 cm³/mol. The number of rotatable bonds is 5. The highest BCUT2D eigenvalue weighted by Crippen LogP contribution is 2.38. The number of hydrogen-bond acceptors (Lipinski definition) is 9. The van der Waals surface area contributed by atoms with E-state index >= 15 is 0 Å². The molecule has 2 aromatic heterocycles. The second-order valence-electron chi connectivity index (χ2n) is 9.91. The number of hydrogen-bond donors (Lipinski definition) is 1. The van der Waals surface area contributed by atoms with Crippen molar-refractivity contribution in [2.45, 2.75) is 44.7 Å². The maximum Gasteiger partial charge on any atom is 0.229 e. The highest BCUT2D eigenvalue weighted by atomic mass is 16.5. The Morgan fingerprint density at radius 1 is 1.06 bits per heavy atom. The number of aromatic nitrogens is 3. The summed E-state index contributed by atoms with van der Waals surface area (Å²) in [4.78, 5) is 19.7. The zero-order valence-electron chi connectivity index (χ0n) is 21.0. The summed E-state index contributed by atoms with van der Waals surface area (Å²) in [6, 6.07) is 4.55. The average molecular weight is 482 g/mol. The van der Waals surface area contributed by atoms with E-state index in [0.29, 0.717) is 44.4 Å². The fraction of sp³-hybridized carbons (Fsp3) is 0.577. The summed E-state index contributed by atoms with van der Waals surface area (Å²) in [5.74, 6) is 2.31. The first-order valence-electron chi connectivity index (χ1n) is 12.4. The smallest absolute Gasteiger partial charge is 0.229 e. The number of pyridine rings is 1. The average Bonchev–Trinajstić information content (AvgIpc) is 2.88. The molecule has 0 bridgehead atoms. The molecule has 4 heterocycles. The number of nitrogens with zero attached hydrogens (tertiary/aromatic N) is 5. The van der Waals surface area contributed by atoms with Gasteiger partial charge in [-0.1, -0.05) is 13.0 Å². The van der Waals surface area contributed by atoms with Crippen LogP contribution in [-0.2, 0) is 19.6 Å². The van der Waals surface area contributed by atoms with Crippen LogP contribution in [0.1, 0.15) is 32.9 Å². The van der Waals surface area contributed by atoms with Gasteiger partial charge in [-0.25, -0.2) is 4.98 Å². The van der Waals surface area contributed by atoms with Gasteiger partial charge in [-0.15, -0.1) is 0 Å². The highest BCUT2D eigenvalue weighted by Gasteiger charge is 2.33. The van der Waals surface area contributed by atoms with E-state index in [0.717, 1.165) is 41.3 Å². The molecule has 188 valence electrons. The summed E-state index contributed by atoms with van der Waals surface area (Å²) in [7, 11) is 1.63. The lowest BCUT2D eigenvalue weighted by molar-refractivity contribution is 0.0973. The van der Waals surface area contributed by atoms with E-state index in [-0.39, 0.29) is 24.1 Å². The van der Waals surface area contributed by atoms with Crippen LogP contribution in [-0.4, -0.2) is 85.4 Å². The molecule has 9 heteroatoms. The third kappa shape index (κ3) is 4.48. The van der Waals surface area contributed by atoms with E-state index in [2.05, 4.69) is 48.8 Å². The number of morpholine rings is 2. The molecule has 0 aromatic carbocycles. The van der Waals surface area contributed by atoms with Gasteiger partial charge in [0.05, 0.1) is 63.3 Å². The quantitative estimate of drug-likeness (QED) is 0.692. The van der Waals surface area contributed by atoms with Crippen LogP contribution in [0, 0.1) is 0 Å². The molecule has 0 amide bonds. The second-order valence-corrected chi connectivity index (χ2v) is 9.91. The maximum absolute atomic E-state index is 9.91. The Morgan fingerprint density at radius 2 is 1.77 bits per heavy atom. The summed E-state index contributed by atoms with van der Waals surface area (Å²) in [5, 5.41) is 10.8. The number of allylic oxidation sites excluding steroid dienone is 2. The molecule has 2 aliphatic heterocycles. The van der Waals surface area contributed by atoms with Gasteiger partial charge in [-0.3, -0.25) is 0 Å². The molecule has 0 spiro atoms. The molecular formula is C26H35N5O4. The minimum absolute atomic E-state index is 0.0447. The van der Waals surface area contributed by atoms with E-state index in [1.165, 1.54) is 0 Å². The largest absolute Gasteiger partial charge is 0.497 e. The van der Waals surface area contributed by atoms with Gasteiger partial charge in [-0.05, 0) is 44.1 Å². The van der Waals surface area contributed by atoms with Gasteiger partial charge in [0.15, 0.2) is 5.65 Å². The Morgan fingerprint density at radius 3 is 2.43 bits per heavy atom. The van der Waals surface area contributed by atoms with Gasteiger partial charge in [0.25, 0.3) is 0 Å². The molecule has 3 atom stereocenters. The Labute approximate surface area is 206 Å². The zero-order chi connectivity index (χ0) is 24.6. The van der Waals surface area contributed by atoms with Gasteiger partial charge in [0.1, 0.15) is 11.6 Å². The summed E-state index contributed by atoms with van der Waals surface area (Å²) in [6.45, 7) is 10.6. The topological polar surface area (TPSA) is 93.1 Å². The third-order valence-electron chi connectivity index (χ3n) is 7.32. The van der Waals surface area contributed by atoms with Crippen LogP contribution >= 0.6 is 0 Å². The third-order valence-corrected chi connectivity index (χ3v) is 7.32. The van der Waals surface area contributed by atoms with Crippen LogP contribution in [0.15, 0.2) is 35.6 Å². The Kier molecular flexibility index (Phi) is 6.65. The van der Waals surface area contributed by atoms with Crippen LogP contribution in [0.3, 0.4) is 0 Å². The predicted octanol–water partition coefficient (Wildman–Crippen LogP) is 2.59. The van der Waals surface area contributed by atoms with Gasteiger partial charge in [0.2, 0.25) is 5.95 Å². The monoisotopic (exact) mass is 481 g/mol. The standard InChI is InChI=1S/C26H35N5O4/c1-17-15-34-11-9-30(17)24-20-5-6-22(26(3)8-7-21(33-4)19(13-26)14-32)27-23(20)28-25(29-24)31-10-12-35-16-18(31)2/h5-8,17-18,32H,9-16H2,1-4H3/t17-,18-,26?/m0/s1. The fourth-order valence-corrected chi connectivity index (χ4v) is 5.20. The van der Waals surface area contributed by atoms with Crippen molar-refractivity contribution in [3.05, 3.63) is 41.3 Å². The Balaban J connectivity index is 1.61. The van der Waals surface area contributed by atoms with Crippen molar-refractivity contribution in [1.29, 1.82) is 0 Å². The minimum Gasteiger partial charge on any atom is -0.497 e. The van der Waals surface area contributed by atoms with Crippen molar-refractivity contribution < 1.29 is 19.3 Å². The van der Waals surface area contributed by atoms with Gasteiger partial charge >= 0.3 is 0 Å². The van der Waals surface area contributed by atoms with E-state index in [1.54, 1.807) is 7.11 Å². The molecule has 1 unspecified atom stereocenters. The number of ether oxygens (including phenoxy) is 3. The fourth-order valence-electron chi connectivity index (χ4n) is 5.20. The number of aliphatic hydroxyl groups excluding tert-OH is 1. The molecule has 35 heavy (non-hydrogen) atoms. The molecule has 3 aliphatic rings. The summed E-state index contributed by atoms with van der Waals surface area (Å²) in [6.07, 6.45) is 4.67. The minimum atomic E-state index is -0.377. The number of anilines is 2. The lowest BCUT2D eigenvalue weighted by Gasteiger charge is -2.37. The normalized spacial score (nSPS) is 27.6. The Hall–Kier alpha value is -2.75. The van der Waals surface area contributed by atoms with Gasteiger partial charge in [-0.2, -0.15) is 9.97 Å². The molecule has 2 fully saturated rings. The molecule has 0 saturated carbocycles. The van der Waals surface area contributed by atoms with Crippen LogP contribution in [0.5, 0.6) is 0 Å². The van der Waals surface area contributed by atoms with E-state index in [4.69, 9.17) is 29.2 Å². The summed E-state index contributed by atoms with van der Waals surface area (Å²) in [5.41, 5.74) is 2.08. The molecule has 2 saturated heterocycles. The first kappa shape index (κ1) is 24.0. The molecule has 2 aromatic rings. The van der Waals surface area contributed by atoms with Gasteiger partial charge in [0, 0.05) is 18.5 Å². The van der Waals surface area contributed by atoms with Crippen molar-refractivity contribution in [3.8, 4) is 0 Å². The van der Waals surface area contributed by atoms with Crippen molar-refractivity contribution >= 4 is 22.8 Å². The Bertz CT molecular complexity index is 1150. The van der Waals surface area contributed by atoms with E-state index < -0.39 is 0 Å². The lowest BCUT2D eigenvalue weighted by atomic mass is 9.76. The first-order chi connectivity index (χ1) is 16.9. The molecule has 0 radical (unpaired) electrons. The summed E-state index contributed by atoms with van der Waals surface area (Å²) < 4.78 is 16.8. The first-order valence-corrected chi connectivity index (χ1v) is 12.4. The van der Waals surface area contributed by atoms with Gasteiger partial charge < -0.3 is 29.1 Å².